The first-order valence-electron chi connectivity index (χ1n) is 13.4. The van der Waals surface area contributed by atoms with Crippen LogP contribution in [0.5, 0.6) is 0 Å². The number of carbonyl (C=O) groups excluding carboxylic acids is 1. The Labute approximate surface area is 220 Å². The summed E-state index contributed by atoms with van der Waals surface area (Å²) in [6.07, 6.45) is 7.39. The maximum atomic E-state index is 13.0. The molecule has 0 spiro atoms. The Hall–Kier alpha value is -2.75. The zero-order valence-electron chi connectivity index (χ0n) is 21.8. The van der Waals surface area contributed by atoms with E-state index < -0.39 is 0 Å². The van der Waals surface area contributed by atoms with Crippen LogP contribution in [0.2, 0.25) is 0 Å². The van der Waals surface area contributed by atoms with Crippen molar-refractivity contribution in [2.24, 2.45) is 5.92 Å². The molecule has 6 heterocycles. The van der Waals surface area contributed by atoms with Gasteiger partial charge in [0.15, 0.2) is 5.65 Å². The molecule has 1 amide bonds. The lowest BCUT2D eigenvalue weighted by atomic mass is 9.89. The molecule has 2 aliphatic heterocycles. The molecule has 0 bridgehead atoms. The summed E-state index contributed by atoms with van der Waals surface area (Å²) < 4.78 is 7.38. The van der Waals surface area contributed by atoms with E-state index in [1.165, 1.54) is 15.8 Å². The fourth-order valence-corrected chi connectivity index (χ4v) is 7.64. The Balaban J connectivity index is 1.31. The summed E-state index contributed by atoms with van der Waals surface area (Å²) in [4.78, 5) is 25.5. The lowest BCUT2D eigenvalue weighted by molar-refractivity contribution is -0.140. The number of rotatable bonds is 5. The predicted molar refractivity (Wildman–Crippen MR) is 145 cm³/mol. The fraction of sp³-hybridized carbons (Fsp3) is 0.536. The van der Waals surface area contributed by atoms with E-state index in [9.17, 15) is 9.90 Å². The summed E-state index contributed by atoms with van der Waals surface area (Å²) in [6, 6.07) is 2.16. The number of aromatic amines is 1. The van der Waals surface area contributed by atoms with Crippen molar-refractivity contribution in [2.45, 2.75) is 64.9 Å². The van der Waals surface area contributed by atoms with Crippen molar-refractivity contribution in [3.8, 4) is 11.3 Å². The van der Waals surface area contributed by atoms with Crippen LogP contribution >= 0.6 is 11.3 Å². The molecule has 0 aromatic carbocycles. The van der Waals surface area contributed by atoms with Gasteiger partial charge in [-0.2, -0.15) is 5.10 Å². The van der Waals surface area contributed by atoms with Gasteiger partial charge in [-0.1, -0.05) is 13.8 Å². The number of likely N-dealkylation sites (tertiary alicyclic amines) is 1. The molecule has 8 nitrogen and oxygen atoms in total. The Kier molecular flexibility index (Phi) is 6.54. The van der Waals surface area contributed by atoms with Gasteiger partial charge in [0.1, 0.15) is 11.2 Å². The van der Waals surface area contributed by atoms with Crippen LogP contribution in [-0.4, -0.2) is 61.8 Å². The van der Waals surface area contributed by atoms with E-state index >= 15 is 0 Å². The normalized spacial score (nSPS) is 19.5. The summed E-state index contributed by atoms with van der Waals surface area (Å²) in [6.45, 7) is 9.39. The molecule has 37 heavy (non-hydrogen) atoms. The topological polar surface area (TPSA) is 95.8 Å². The van der Waals surface area contributed by atoms with Crippen molar-refractivity contribution in [3.63, 3.8) is 0 Å². The van der Waals surface area contributed by atoms with Crippen LogP contribution < -0.4 is 0 Å². The molecule has 2 aliphatic rings. The first kappa shape index (κ1) is 24.6. The molecule has 2 N–H and O–H groups in total. The number of hydrogen-bond donors (Lipinski definition) is 2. The summed E-state index contributed by atoms with van der Waals surface area (Å²) in [5.74, 6) is 0.910. The van der Waals surface area contributed by atoms with E-state index in [1.54, 1.807) is 17.7 Å². The highest BCUT2D eigenvalue weighted by Gasteiger charge is 2.33. The third-order valence-corrected chi connectivity index (χ3v) is 9.40. The Bertz CT molecular complexity index is 1440. The number of ether oxygens (including phenoxy) is 1. The second-order valence-electron chi connectivity index (χ2n) is 10.8. The minimum absolute atomic E-state index is 0.0191. The number of fused-ring (bicyclic) bond motifs is 2. The van der Waals surface area contributed by atoms with Gasteiger partial charge in [0.05, 0.1) is 24.8 Å². The Morgan fingerprint density at radius 1 is 1.30 bits per heavy atom. The van der Waals surface area contributed by atoms with Crippen LogP contribution in [0.1, 0.15) is 72.9 Å². The highest BCUT2D eigenvalue weighted by atomic mass is 32.1. The van der Waals surface area contributed by atoms with Crippen molar-refractivity contribution in [3.05, 3.63) is 40.2 Å². The van der Waals surface area contributed by atoms with E-state index in [0.717, 1.165) is 78.2 Å². The summed E-state index contributed by atoms with van der Waals surface area (Å²) >= 11 is 1.78. The molecule has 196 valence electrons. The second kappa shape index (κ2) is 9.85. The number of thiophene rings is 1. The number of H-pyrrole nitrogens is 1. The van der Waals surface area contributed by atoms with E-state index in [-0.39, 0.29) is 24.3 Å². The van der Waals surface area contributed by atoms with Gasteiger partial charge in [-0.15, -0.1) is 11.3 Å². The highest BCUT2D eigenvalue weighted by molar-refractivity contribution is 7.19. The maximum absolute atomic E-state index is 13.0. The van der Waals surface area contributed by atoms with Crippen molar-refractivity contribution in [1.82, 2.24) is 24.5 Å². The van der Waals surface area contributed by atoms with Crippen molar-refractivity contribution in [2.75, 3.05) is 26.3 Å². The molecule has 9 heteroatoms. The van der Waals surface area contributed by atoms with Gasteiger partial charge in [0, 0.05) is 47.3 Å². The van der Waals surface area contributed by atoms with E-state index in [2.05, 4.69) is 41.9 Å². The number of hydrogen-bond acceptors (Lipinski definition) is 6. The third kappa shape index (κ3) is 4.27. The largest absolute Gasteiger partial charge is 0.392 e. The van der Waals surface area contributed by atoms with Crippen molar-refractivity contribution in [1.29, 1.82) is 0 Å². The number of nitrogens with one attached hydrogen (secondary N) is 1. The van der Waals surface area contributed by atoms with Crippen molar-refractivity contribution >= 4 is 33.1 Å². The number of aryl methyl sites for hydroxylation is 1. The van der Waals surface area contributed by atoms with Crippen LogP contribution in [0.4, 0.5) is 0 Å². The molecule has 0 aliphatic carbocycles. The van der Waals surface area contributed by atoms with Crippen LogP contribution in [0, 0.1) is 12.8 Å². The molecular weight excluding hydrogens is 486 g/mol. The molecule has 0 saturated carbocycles. The zero-order valence-corrected chi connectivity index (χ0v) is 22.6. The number of amides is 1. The van der Waals surface area contributed by atoms with Gasteiger partial charge < -0.3 is 19.7 Å². The van der Waals surface area contributed by atoms with Crippen molar-refractivity contribution < 1.29 is 14.6 Å². The molecule has 6 rings (SSSR count). The minimum atomic E-state index is 0.0191. The van der Waals surface area contributed by atoms with Gasteiger partial charge >= 0.3 is 0 Å². The summed E-state index contributed by atoms with van der Waals surface area (Å²) in [5, 5.41) is 16.1. The van der Waals surface area contributed by atoms with Crippen LogP contribution in [0.25, 0.3) is 27.1 Å². The second-order valence-corrected chi connectivity index (χ2v) is 11.9. The number of pyridine rings is 1. The van der Waals surface area contributed by atoms with E-state index in [4.69, 9.17) is 4.74 Å². The summed E-state index contributed by atoms with van der Waals surface area (Å²) in [5.41, 5.74) is 6.40. The number of aromatic nitrogens is 4. The lowest BCUT2D eigenvalue weighted by Gasteiger charge is -2.35. The first-order chi connectivity index (χ1) is 18.0. The van der Waals surface area contributed by atoms with E-state index in [0.29, 0.717) is 12.5 Å². The first-order valence-corrected chi connectivity index (χ1v) is 14.2. The number of nitrogens with zero attached hydrogens (tertiary/aromatic N) is 4. The van der Waals surface area contributed by atoms with Crippen LogP contribution in [0.3, 0.4) is 0 Å². The van der Waals surface area contributed by atoms with Gasteiger partial charge in [0.25, 0.3) is 0 Å². The minimum Gasteiger partial charge on any atom is -0.392 e. The molecule has 1 atom stereocenters. The van der Waals surface area contributed by atoms with Gasteiger partial charge in [-0.25, -0.2) is 9.50 Å². The van der Waals surface area contributed by atoms with Gasteiger partial charge in [-0.05, 0) is 61.6 Å². The van der Waals surface area contributed by atoms with Gasteiger partial charge in [0.2, 0.25) is 5.91 Å². The Morgan fingerprint density at radius 2 is 2.11 bits per heavy atom. The monoisotopic (exact) mass is 521 g/mol. The number of carbonyl (C=O) groups is 1. The highest BCUT2D eigenvalue weighted by Crippen LogP contribution is 2.46. The molecule has 4 aromatic rings. The van der Waals surface area contributed by atoms with Crippen LogP contribution in [0.15, 0.2) is 18.6 Å². The SMILES string of the molecule is Cc1cc(-c2[nH]c3sc(C4CCN(C(=O)[C@H]5CCCOC5)CC4)c(CO)c3c2C(C)C)cn2ncnc12. The fourth-order valence-electron chi connectivity index (χ4n) is 6.24. The zero-order chi connectivity index (χ0) is 25.7. The predicted octanol–water partition coefficient (Wildman–Crippen LogP) is 5.00. The quantitative estimate of drug-likeness (QED) is 0.386. The molecule has 2 fully saturated rings. The average Bonchev–Trinajstić information content (AvgIpc) is 3.62. The summed E-state index contributed by atoms with van der Waals surface area (Å²) in [7, 11) is 0. The molecular formula is C28H35N5O3S. The average molecular weight is 522 g/mol. The molecule has 4 aromatic heterocycles. The van der Waals surface area contributed by atoms with Crippen LogP contribution in [-0.2, 0) is 16.1 Å². The van der Waals surface area contributed by atoms with Gasteiger partial charge in [-0.3, -0.25) is 4.79 Å². The smallest absolute Gasteiger partial charge is 0.228 e. The standard InChI is InChI=1S/C28H35N5O3S/c1-16(2)22-23-21(13-34)25(18-6-8-32(9-7-18)28(35)19-5-4-10-36-14-19)37-27(23)31-24(22)20-11-17(3)26-29-15-30-33(26)12-20/h11-12,15-16,18-19,31,34H,4-10,13-14H2,1-3H3/t19-/m0/s1. The Morgan fingerprint density at radius 3 is 2.81 bits per heavy atom. The number of piperidine rings is 1. The molecule has 0 unspecified atom stereocenters. The number of aliphatic hydroxyl groups excluding tert-OH is 1. The third-order valence-electron chi connectivity index (χ3n) is 8.09. The molecule has 0 radical (unpaired) electrons. The maximum Gasteiger partial charge on any atom is 0.228 e. The lowest BCUT2D eigenvalue weighted by Crippen LogP contribution is -2.43. The van der Waals surface area contributed by atoms with E-state index in [1.807, 2.05) is 15.6 Å². The molecule has 2 saturated heterocycles. The number of aliphatic hydroxyl groups is 1.